The van der Waals surface area contributed by atoms with Crippen LogP contribution in [0.5, 0.6) is 0 Å². The van der Waals surface area contributed by atoms with Crippen LogP contribution in [0, 0.1) is 5.92 Å². The number of nitrogens with one attached hydrogen (secondary N) is 1. The highest BCUT2D eigenvalue weighted by Crippen LogP contribution is 2.40. The molecule has 3 atom stereocenters. The topological polar surface area (TPSA) is 49.4 Å². The summed E-state index contributed by atoms with van der Waals surface area (Å²) in [5.74, 6) is 0.319. The molecule has 0 radical (unpaired) electrons. The van der Waals surface area contributed by atoms with E-state index in [1.165, 1.54) is 6.42 Å². The quantitative estimate of drug-likeness (QED) is 0.831. The van der Waals surface area contributed by atoms with Crippen molar-refractivity contribution in [3.05, 3.63) is 70.7 Å². The van der Waals surface area contributed by atoms with E-state index in [0.29, 0.717) is 23.0 Å². The molecule has 1 heterocycles. The van der Waals surface area contributed by atoms with Gasteiger partial charge in [0.2, 0.25) is 5.91 Å². The summed E-state index contributed by atoms with van der Waals surface area (Å²) < 4.78 is 0. The molecular formula is C23H25ClN2O2. The first-order valence-corrected chi connectivity index (χ1v) is 10.4. The van der Waals surface area contributed by atoms with Crippen LogP contribution >= 0.6 is 11.6 Å². The molecular weight excluding hydrogens is 372 g/mol. The van der Waals surface area contributed by atoms with E-state index >= 15 is 0 Å². The predicted octanol–water partition coefficient (Wildman–Crippen LogP) is 4.43. The fourth-order valence-electron chi connectivity index (χ4n) is 4.67. The molecule has 0 bridgehead atoms. The summed E-state index contributed by atoms with van der Waals surface area (Å²) in [4.78, 5) is 28.2. The Morgan fingerprint density at radius 1 is 1.04 bits per heavy atom. The van der Waals surface area contributed by atoms with Crippen molar-refractivity contribution in [1.29, 1.82) is 0 Å². The minimum absolute atomic E-state index is 0.0297. The van der Waals surface area contributed by atoms with E-state index < -0.39 is 6.04 Å². The molecule has 5 heteroatoms. The molecule has 1 aliphatic heterocycles. The Morgan fingerprint density at radius 3 is 2.61 bits per heavy atom. The summed E-state index contributed by atoms with van der Waals surface area (Å²) in [6.07, 6.45) is 5.15. The monoisotopic (exact) mass is 396 g/mol. The summed E-state index contributed by atoms with van der Waals surface area (Å²) in [7, 11) is 0. The number of carbonyl (C=O) groups is 2. The van der Waals surface area contributed by atoms with Gasteiger partial charge in [-0.1, -0.05) is 54.8 Å². The third-order valence-electron chi connectivity index (χ3n) is 6.00. The van der Waals surface area contributed by atoms with E-state index in [1.54, 1.807) is 0 Å². The molecule has 1 N–H and O–H groups in total. The van der Waals surface area contributed by atoms with Gasteiger partial charge in [-0.2, -0.15) is 0 Å². The highest BCUT2D eigenvalue weighted by atomic mass is 35.5. The number of rotatable bonds is 4. The molecule has 146 valence electrons. The van der Waals surface area contributed by atoms with Crippen LogP contribution < -0.4 is 5.32 Å². The second-order valence-corrected chi connectivity index (χ2v) is 8.23. The average molecular weight is 397 g/mol. The fraction of sp³-hybridized carbons (Fsp3) is 0.391. The minimum atomic E-state index is -0.403. The van der Waals surface area contributed by atoms with Crippen molar-refractivity contribution < 1.29 is 9.59 Å². The number of hydrogen-bond donors (Lipinski definition) is 1. The van der Waals surface area contributed by atoms with Crippen LogP contribution in [0.1, 0.15) is 48.0 Å². The van der Waals surface area contributed by atoms with E-state index in [9.17, 15) is 9.59 Å². The Labute approximate surface area is 170 Å². The molecule has 3 unspecified atom stereocenters. The Hall–Kier alpha value is -2.33. The van der Waals surface area contributed by atoms with Gasteiger partial charge in [0.25, 0.3) is 5.91 Å². The third kappa shape index (κ3) is 3.93. The van der Waals surface area contributed by atoms with Crippen LogP contribution in [0.15, 0.2) is 54.6 Å². The zero-order chi connectivity index (χ0) is 19.5. The number of fused-ring (bicyclic) bond motifs is 1. The molecule has 1 aliphatic carbocycles. The normalized spacial score (nSPS) is 23.9. The maximum Gasteiger partial charge on any atom is 0.254 e. The third-order valence-corrected chi connectivity index (χ3v) is 6.24. The van der Waals surface area contributed by atoms with Gasteiger partial charge in [-0.3, -0.25) is 9.59 Å². The Balaban J connectivity index is 1.53. The van der Waals surface area contributed by atoms with Crippen molar-refractivity contribution in [1.82, 2.24) is 10.2 Å². The van der Waals surface area contributed by atoms with Crippen LogP contribution in [0.25, 0.3) is 0 Å². The van der Waals surface area contributed by atoms with E-state index in [0.717, 1.165) is 31.2 Å². The molecule has 1 saturated carbocycles. The molecule has 4 nitrogen and oxygen atoms in total. The molecule has 2 fully saturated rings. The Bertz CT molecular complexity index is 855. The number of likely N-dealkylation sites (tertiary alicyclic amines) is 1. The SMILES string of the molecule is O=C(NCc1cccc(Cl)c1)C1CC2CCCCC2N1C(=O)c1ccccc1. The van der Waals surface area contributed by atoms with Crippen molar-refractivity contribution in [2.24, 2.45) is 5.92 Å². The summed E-state index contributed by atoms with van der Waals surface area (Å²) in [6, 6.07) is 16.6. The van der Waals surface area contributed by atoms with Crippen molar-refractivity contribution in [3.8, 4) is 0 Å². The molecule has 2 aromatic rings. The van der Waals surface area contributed by atoms with E-state index in [2.05, 4.69) is 5.32 Å². The maximum atomic E-state index is 13.3. The molecule has 1 saturated heterocycles. The van der Waals surface area contributed by atoms with Crippen LogP contribution in [0.4, 0.5) is 0 Å². The maximum absolute atomic E-state index is 13.3. The van der Waals surface area contributed by atoms with Crippen LogP contribution in [0.3, 0.4) is 0 Å². The molecule has 0 spiro atoms. The molecule has 28 heavy (non-hydrogen) atoms. The van der Waals surface area contributed by atoms with Gasteiger partial charge in [0.05, 0.1) is 0 Å². The largest absolute Gasteiger partial charge is 0.350 e. The predicted molar refractivity (Wildman–Crippen MR) is 110 cm³/mol. The van der Waals surface area contributed by atoms with Crippen molar-refractivity contribution in [3.63, 3.8) is 0 Å². The average Bonchev–Trinajstić information content (AvgIpc) is 3.12. The van der Waals surface area contributed by atoms with Gasteiger partial charge < -0.3 is 10.2 Å². The van der Waals surface area contributed by atoms with Gasteiger partial charge in [-0.15, -0.1) is 0 Å². The number of nitrogens with zero attached hydrogens (tertiary/aromatic N) is 1. The first-order valence-electron chi connectivity index (χ1n) is 10.0. The second kappa shape index (κ2) is 8.36. The van der Waals surface area contributed by atoms with Crippen molar-refractivity contribution in [2.45, 2.75) is 50.7 Å². The summed E-state index contributed by atoms with van der Waals surface area (Å²) >= 11 is 6.04. The van der Waals surface area contributed by atoms with Crippen molar-refractivity contribution >= 4 is 23.4 Å². The summed E-state index contributed by atoms with van der Waals surface area (Å²) in [6.45, 7) is 0.415. The smallest absolute Gasteiger partial charge is 0.254 e. The van der Waals surface area contributed by atoms with Gasteiger partial charge >= 0.3 is 0 Å². The van der Waals surface area contributed by atoms with Gasteiger partial charge in [-0.25, -0.2) is 0 Å². The van der Waals surface area contributed by atoms with Gasteiger partial charge in [0, 0.05) is 23.2 Å². The second-order valence-electron chi connectivity index (χ2n) is 7.79. The first kappa shape index (κ1) is 19.0. The number of carbonyl (C=O) groups excluding carboxylic acids is 2. The number of benzene rings is 2. The highest BCUT2D eigenvalue weighted by molar-refractivity contribution is 6.30. The van der Waals surface area contributed by atoms with E-state index in [-0.39, 0.29) is 17.9 Å². The minimum Gasteiger partial charge on any atom is -0.350 e. The molecule has 2 aromatic carbocycles. The fourth-order valence-corrected chi connectivity index (χ4v) is 4.88. The van der Waals surface area contributed by atoms with Crippen LogP contribution in [-0.2, 0) is 11.3 Å². The van der Waals surface area contributed by atoms with Crippen molar-refractivity contribution in [2.75, 3.05) is 0 Å². The lowest BCUT2D eigenvalue weighted by atomic mass is 9.84. The number of amides is 2. The van der Waals surface area contributed by atoms with E-state index in [4.69, 9.17) is 11.6 Å². The van der Waals surface area contributed by atoms with Gasteiger partial charge in [0.1, 0.15) is 6.04 Å². The van der Waals surface area contributed by atoms with E-state index in [1.807, 2.05) is 59.5 Å². The molecule has 0 aromatic heterocycles. The lowest BCUT2D eigenvalue weighted by Crippen LogP contribution is -2.49. The number of hydrogen-bond acceptors (Lipinski definition) is 2. The lowest BCUT2D eigenvalue weighted by Gasteiger charge is -2.33. The highest BCUT2D eigenvalue weighted by Gasteiger charge is 2.47. The summed E-state index contributed by atoms with van der Waals surface area (Å²) in [5, 5.41) is 3.67. The zero-order valence-corrected chi connectivity index (χ0v) is 16.6. The number of halogens is 1. The van der Waals surface area contributed by atoms with Gasteiger partial charge in [-0.05, 0) is 55.0 Å². The van der Waals surface area contributed by atoms with Gasteiger partial charge in [0.15, 0.2) is 0 Å². The standard InChI is InChI=1S/C23H25ClN2O2/c24-19-11-6-7-16(13-19)15-25-22(27)21-14-18-10-4-5-12-20(18)26(21)23(28)17-8-2-1-3-9-17/h1-3,6-9,11,13,18,20-21H,4-5,10,12,14-15H2,(H,25,27). The van der Waals surface area contributed by atoms with Crippen LogP contribution in [0.2, 0.25) is 5.02 Å². The zero-order valence-electron chi connectivity index (χ0n) is 15.8. The molecule has 2 amide bonds. The summed E-state index contributed by atoms with van der Waals surface area (Å²) in [5.41, 5.74) is 1.61. The Kier molecular flexibility index (Phi) is 5.67. The Morgan fingerprint density at radius 2 is 1.82 bits per heavy atom. The molecule has 2 aliphatic rings. The lowest BCUT2D eigenvalue weighted by molar-refractivity contribution is -0.125. The first-order chi connectivity index (χ1) is 13.6. The van der Waals surface area contributed by atoms with Crippen LogP contribution in [-0.4, -0.2) is 28.8 Å². The molecule has 4 rings (SSSR count).